The Kier molecular flexibility index (Phi) is 4.19. The molecule has 1 N–H and O–H groups in total. The molecule has 0 saturated carbocycles. The lowest BCUT2D eigenvalue weighted by Crippen LogP contribution is -2.36. The lowest BCUT2D eigenvalue weighted by Gasteiger charge is -2.27. The summed E-state index contributed by atoms with van der Waals surface area (Å²) in [5.74, 6) is 0.842. The van der Waals surface area contributed by atoms with Crippen molar-refractivity contribution >= 4 is 17.4 Å². The van der Waals surface area contributed by atoms with E-state index in [4.69, 9.17) is 9.72 Å². The smallest absolute Gasteiger partial charge is 0.410 e. The molecule has 6 heteroatoms. The fraction of sp³-hybridized carbons (Fsp3) is 0.529. The number of likely N-dealkylation sites (tertiary alicyclic amines) is 1. The van der Waals surface area contributed by atoms with E-state index in [1.807, 2.05) is 27.0 Å². The number of aromatic amines is 1. The summed E-state index contributed by atoms with van der Waals surface area (Å²) in [6, 6.07) is 4.15. The van der Waals surface area contributed by atoms with Crippen molar-refractivity contribution in [2.45, 2.75) is 52.2 Å². The molecule has 23 heavy (non-hydrogen) atoms. The molecule has 1 saturated heterocycles. The number of H-pyrrole nitrogens is 1. The molecular formula is C17H23N3O2S. The van der Waals surface area contributed by atoms with Crippen LogP contribution in [0.15, 0.2) is 18.3 Å². The first-order valence-corrected chi connectivity index (χ1v) is 8.77. The number of hydrogen-bond donors (Lipinski definition) is 1. The van der Waals surface area contributed by atoms with Crippen LogP contribution in [0.5, 0.6) is 0 Å². The van der Waals surface area contributed by atoms with Crippen molar-refractivity contribution in [1.29, 1.82) is 0 Å². The van der Waals surface area contributed by atoms with E-state index >= 15 is 0 Å². The van der Waals surface area contributed by atoms with Crippen LogP contribution < -0.4 is 0 Å². The first-order valence-electron chi connectivity index (χ1n) is 7.95. The molecule has 1 aliphatic heterocycles. The maximum Gasteiger partial charge on any atom is 0.410 e. The topological polar surface area (TPSA) is 58.2 Å². The van der Waals surface area contributed by atoms with Crippen LogP contribution in [-0.4, -0.2) is 33.1 Å². The maximum atomic E-state index is 12.4. The predicted octanol–water partition coefficient (Wildman–Crippen LogP) is 4.52. The number of carbonyl (C=O) groups excluding carboxylic acids is 1. The van der Waals surface area contributed by atoms with Gasteiger partial charge in [-0.25, -0.2) is 9.78 Å². The first-order chi connectivity index (χ1) is 10.8. The van der Waals surface area contributed by atoms with E-state index in [1.165, 1.54) is 4.88 Å². The Balaban J connectivity index is 1.78. The Morgan fingerprint density at radius 1 is 1.43 bits per heavy atom. The van der Waals surface area contributed by atoms with Gasteiger partial charge < -0.3 is 9.72 Å². The molecule has 0 bridgehead atoms. The van der Waals surface area contributed by atoms with Gasteiger partial charge in [-0.15, -0.1) is 11.3 Å². The van der Waals surface area contributed by atoms with Gasteiger partial charge in [0, 0.05) is 17.6 Å². The van der Waals surface area contributed by atoms with Crippen molar-refractivity contribution in [3.8, 4) is 10.6 Å². The Bertz CT molecular complexity index is 699. The summed E-state index contributed by atoms with van der Waals surface area (Å²) in [5.41, 5.74) is 0.460. The number of aryl methyl sites for hydroxylation is 1. The molecule has 1 amide bonds. The van der Waals surface area contributed by atoms with Gasteiger partial charge in [0.05, 0.1) is 16.6 Å². The number of amides is 1. The van der Waals surface area contributed by atoms with Crippen molar-refractivity contribution in [1.82, 2.24) is 14.9 Å². The second-order valence-corrected chi connectivity index (χ2v) is 8.20. The van der Waals surface area contributed by atoms with E-state index in [0.717, 1.165) is 29.2 Å². The fourth-order valence-electron chi connectivity index (χ4n) is 2.80. The Hall–Kier alpha value is -1.82. The number of ether oxygens (including phenoxy) is 1. The Morgan fingerprint density at radius 2 is 2.22 bits per heavy atom. The SMILES string of the molecule is Cc1ccc(-c2c[nH]c([C@@H]3CCCN3C(=O)OC(C)(C)C)n2)s1. The van der Waals surface area contributed by atoms with Gasteiger partial charge in [-0.2, -0.15) is 0 Å². The molecule has 3 heterocycles. The van der Waals surface area contributed by atoms with Gasteiger partial charge in [0.15, 0.2) is 0 Å². The van der Waals surface area contributed by atoms with Crippen LogP contribution in [0.4, 0.5) is 4.79 Å². The highest BCUT2D eigenvalue weighted by molar-refractivity contribution is 7.15. The second-order valence-electron chi connectivity index (χ2n) is 6.91. The van der Waals surface area contributed by atoms with Gasteiger partial charge in [-0.3, -0.25) is 4.90 Å². The van der Waals surface area contributed by atoms with Crippen molar-refractivity contribution in [2.75, 3.05) is 6.54 Å². The van der Waals surface area contributed by atoms with E-state index in [1.54, 1.807) is 16.2 Å². The lowest BCUT2D eigenvalue weighted by atomic mass is 10.2. The molecule has 1 fully saturated rings. The minimum absolute atomic E-state index is 0.0281. The van der Waals surface area contributed by atoms with E-state index in [0.29, 0.717) is 6.54 Å². The summed E-state index contributed by atoms with van der Waals surface area (Å²) in [6.07, 6.45) is 3.55. The fourth-order valence-corrected chi connectivity index (χ4v) is 3.62. The summed E-state index contributed by atoms with van der Waals surface area (Å²) < 4.78 is 5.52. The monoisotopic (exact) mass is 333 g/mol. The van der Waals surface area contributed by atoms with Gasteiger partial charge in [-0.1, -0.05) is 0 Å². The normalized spacial score (nSPS) is 18.4. The summed E-state index contributed by atoms with van der Waals surface area (Å²) >= 11 is 1.72. The number of aromatic nitrogens is 2. The highest BCUT2D eigenvalue weighted by Gasteiger charge is 2.34. The average molecular weight is 333 g/mol. The first kappa shape index (κ1) is 16.1. The minimum atomic E-state index is -0.479. The minimum Gasteiger partial charge on any atom is -0.444 e. The molecule has 0 spiro atoms. The molecule has 1 aliphatic rings. The molecule has 0 radical (unpaired) electrons. The van der Waals surface area contributed by atoms with Gasteiger partial charge in [0.1, 0.15) is 11.4 Å². The number of hydrogen-bond acceptors (Lipinski definition) is 4. The van der Waals surface area contributed by atoms with Crippen LogP contribution in [0.25, 0.3) is 10.6 Å². The number of carbonyl (C=O) groups is 1. The van der Waals surface area contributed by atoms with Crippen LogP contribution >= 0.6 is 11.3 Å². The van der Waals surface area contributed by atoms with Crippen molar-refractivity contribution < 1.29 is 9.53 Å². The third-order valence-electron chi connectivity index (χ3n) is 3.79. The second kappa shape index (κ2) is 6.00. The summed E-state index contributed by atoms with van der Waals surface area (Å²) in [6.45, 7) is 8.47. The van der Waals surface area contributed by atoms with E-state index in [9.17, 15) is 4.79 Å². The van der Waals surface area contributed by atoms with Crippen LogP contribution in [-0.2, 0) is 4.74 Å². The van der Waals surface area contributed by atoms with Crippen LogP contribution in [0.2, 0.25) is 0 Å². The summed E-state index contributed by atoms with van der Waals surface area (Å²) in [4.78, 5) is 24.5. The van der Waals surface area contributed by atoms with Crippen LogP contribution in [0.3, 0.4) is 0 Å². The number of nitrogens with one attached hydrogen (secondary N) is 1. The zero-order valence-electron chi connectivity index (χ0n) is 14.0. The van der Waals surface area contributed by atoms with Gasteiger partial charge in [0.2, 0.25) is 0 Å². The van der Waals surface area contributed by atoms with Crippen molar-refractivity contribution in [2.24, 2.45) is 0 Å². The molecule has 124 valence electrons. The molecule has 3 rings (SSSR count). The van der Waals surface area contributed by atoms with Gasteiger partial charge in [0.25, 0.3) is 0 Å². The number of rotatable bonds is 2. The van der Waals surface area contributed by atoms with Crippen LogP contribution in [0.1, 0.15) is 50.4 Å². The molecule has 0 aliphatic carbocycles. The summed E-state index contributed by atoms with van der Waals surface area (Å²) in [5, 5.41) is 0. The molecular weight excluding hydrogens is 310 g/mol. The van der Waals surface area contributed by atoms with Gasteiger partial charge >= 0.3 is 6.09 Å². The van der Waals surface area contributed by atoms with Gasteiger partial charge in [-0.05, 0) is 52.7 Å². The largest absolute Gasteiger partial charge is 0.444 e. The molecule has 5 nitrogen and oxygen atoms in total. The quantitative estimate of drug-likeness (QED) is 0.879. The molecule has 2 aromatic heterocycles. The zero-order valence-corrected chi connectivity index (χ0v) is 14.9. The summed E-state index contributed by atoms with van der Waals surface area (Å²) in [7, 11) is 0. The molecule has 0 unspecified atom stereocenters. The number of thiophene rings is 1. The van der Waals surface area contributed by atoms with E-state index in [2.05, 4.69) is 24.0 Å². The average Bonchev–Trinajstić information content (AvgIpc) is 3.15. The Labute approximate surface area is 140 Å². The number of imidazole rings is 1. The zero-order chi connectivity index (χ0) is 16.6. The highest BCUT2D eigenvalue weighted by atomic mass is 32.1. The maximum absolute atomic E-state index is 12.4. The third-order valence-corrected chi connectivity index (χ3v) is 4.81. The van der Waals surface area contributed by atoms with Crippen molar-refractivity contribution in [3.05, 3.63) is 29.0 Å². The predicted molar refractivity (Wildman–Crippen MR) is 91.6 cm³/mol. The van der Waals surface area contributed by atoms with E-state index < -0.39 is 5.60 Å². The lowest BCUT2D eigenvalue weighted by molar-refractivity contribution is 0.0219. The number of nitrogens with zero attached hydrogens (tertiary/aromatic N) is 2. The molecule has 2 aromatic rings. The standard InChI is InChI=1S/C17H23N3O2S/c1-11-7-8-14(23-11)12-10-18-15(19-12)13-6-5-9-20(13)16(21)22-17(2,3)4/h7-8,10,13H,5-6,9H2,1-4H3,(H,18,19)/t13-/m0/s1. The van der Waals surface area contributed by atoms with E-state index in [-0.39, 0.29) is 12.1 Å². The van der Waals surface area contributed by atoms with Crippen molar-refractivity contribution in [3.63, 3.8) is 0 Å². The molecule has 0 aromatic carbocycles. The Morgan fingerprint density at radius 3 is 2.87 bits per heavy atom. The third kappa shape index (κ3) is 3.58. The highest BCUT2D eigenvalue weighted by Crippen LogP contribution is 2.33. The molecule has 1 atom stereocenters. The van der Waals surface area contributed by atoms with Crippen LogP contribution in [0, 0.1) is 6.92 Å².